The van der Waals surface area contributed by atoms with Crippen LogP contribution in [0, 0.1) is 20.2 Å². The predicted molar refractivity (Wildman–Crippen MR) is 186 cm³/mol. The summed E-state index contributed by atoms with van der Waals surface area (Å²) in [7, 11) is -9.58. The molecule has 6 aromatic rings. The van der Waals surface area contributed by atoms with Gasteiger partial charge >= 0.3 is 106 Å². The molecule has 0 saturated heterocycles. The third kappa shape index (κ3) is 12.5. The van der Waals surface area contributed by atoms with E-state index >= 15 is 0 Å². The van der Waals surface area contributed by atoms with Crippen LogP contribution in [0.3, 0.4) is 0 Å². The van der Waals surface area contributed by atoms with Crippen molar-refractivity contribution in [2.45, 2.75) is 9.79 Å². The number of nitrogens with zero attached hydrogens (tertiary/aromatic N) is 6. The number of nitro groups is 2. The Morgan fingerprint density at radius 1 is 0.483 bits per heavy atom. The number of rotatable bonds is 8. The molecule has 0 saturated carbocycles. The van der Waals surface area contributed by atoms with Crippen LogP contribution in [0.5, 0.6) is 23.0 Å². The second-order valence-corrected chi connectivity index (χ2v) is 14.4. The molecular formula is C32H14Cl2CrN6Na3O14S2. The van der Waals surface area contributed by atoms with Crippen LogP contribution in [0.25, 0.3) is 21.5 Å². The maximum atomic E-state index is 12.5. The summed E-state index contributed by atoms with van der Waals surface area (Å²) in [5.41, 5.74) is -2.31. The van der Waals surface area contributed by atoms with E-state index in [2.05, 4.69) is 20.5 Å². The van der Waals surface area contributed by atoms with E-state index in [1.165, 1.54) is 36.4 Å². The monoisotopic (exact) mass is 961 g/mol. The first-order valence-electron chi connectivity index (χ1n) is 14.7. The minimum atomic E-state index is -4.79. The van der Waals surface area contributed by atoms with Crippen molar-refractivity contribution in [3.8, 4) is 23.0 Å². The van der Waals surface area contributed by atoms with Gasteiger partial charge in [0.2, 0.25) is 0 Å². The molecule has 0 unspecified atom stereocenters. The Bertz CT molecular complexity index is 2740. The molecule has 28 heteroatoms. The Morgan fingerprint density at radius 2 is 0.800 bits per heavy atom. The van der Waals surface area contributed by atoms with Gasteiger partial charge in [0, 0.05) is 12.1 Å². The van der Waals surface area contributed by atoms with Crippen molar-refractivity contribution in [1.82, 2.24) is 0 Å². The third-order valence-corrected chi connectivity index (χ3v) is 9.82. The number of hydrogen-bond donors (Lipinski definition) is 0. The molecule has 0 aliphatic heterocycles. The molecule has 20 nitrogen and oxygen atoms in total. The standard InChI is InChI=1S/2C16H10ClN3O7S.Cr.3Na/c2*17-10-6-12(14(21)7-13(10)20(23)24)19-18-11-5-4-8-9(16(11)22)2-1-3-15(8)28(25,26)27;;;;/h2*1-7,21-22H,(H,25,26,27);;;;/q;;+3;3*+1/p-6. The number of halogens is 2. The second kappa shape index (κ2) is 22.4. The van der Waals surface area contributed by atoms with Gasteiger partial charge in [0.05, 0.1) is 42.4 Å². The van der Waals surface area contributed by atoms with E-state index in [0.29, 0.717) is 12.1 Å². The normalized spacial score (nSPS) is 11.1. The molecule has 6 rings (SSSR count). The SMILES string of the molecule is O=[N+]([O-])c1cc([O-])c(N=Nc2ccc3c(S(=O)(=O)[O-])cccc3c2[O-])cc1Cl.O=[N+]([O-])c1cc([O-])c(N=Nc2ccc3c(S(=O)(=O)[O-])cccc3c2[O-])cc1Cl.[Cr+3].[Na+].[Na+].[Na+]. The van der Waals surface area contributed by atoms with Crippen molar-refractivity contribution in [3.05, 3.63) is 115 Å². The smallest absolute Gasteiger partial charge is 0.871 e. The van der Waals surface area contributed by atoms with Gasteiger partial charge in [-0.05, 0) is 57.9 Å². The van der Waals surface area contributed by atoms with Crippen LogP contribution in [0.2, 0.25) is 10.0 Å². The number of hydrogen-bond acceptors (Lipinski definition) is 18. The zero-order valence-electron chi connectivity index (χ0n) is 30.5. The molecule has 60 heavy (non-hydrogen) atoms. The number of fused-ring (bicyclic) bond motifs is 2. The summed E-state index contributed by atoms with van der Waals surface area (Å²) in [6.07, 6.45) is 0. The number of azo groups is 2. The molecule has 0 amide bonds. The van der Waals surface area contributed by atoms with Crippen LogP contribution < -0.4 is 109 Å². The summed E-state index contributed by atoms with van der Waals surface area (Å²) in [5.74, 6) is -3.08. The van der Waals surface area contributed by atoms with Gasteiger partial charge in [-0.2, -0.15) is 20.5 Å². The summed E-state index contributed by atoms with van der Waals surface area (Å²) >= 11 is 11.4. The van der Waals surface area contributed by atoms with E-state index in [4.69, 9.17) is 23.2 Å². The van der Waals surface area contributed by atoms with Crippen LogP contribution >= 0.6 is 23.2 Å². The molecule has 0 N–H and O–H groups in total. The molecule has 1 radical (unpaired) electrons. The summed E-state index contributed by atoms with van der Waals surface area (Å²) in [5, 5.41) is 83.8. The van der Waals surface area contributed by atoms with E-state index in [1.54, 1.807) is 0 Å². The molecule has 0 fully saturated rings. The van der Waals surface area contributed by atoms with Gasteiger partial charge in [-0.1, -0.05) is 82.6 Å². The van der Waals surface area contributed by atoms with Crippen molar-refractivity contribution in [1.29, 1.82) is 0 Å². The van der Waals surface area contributed by atoms with E-state index < -0.39 is 74.2 Å². The summed E-state index contributed by atoms with van der Waals surface area (Å²) < 4.78 is 67.8. The van der Waals surface area contributed by atoms with Crippen LogP contribution in [0.1, 0.15) is 0 Å². The molecule has 0 atom stereocenters. The first-order chi connectivity index (χ1) is 26.2. The first kappa shape index (κ1) is 55.0. The summed E-state index contributed by atoms with van der Waals surface area (Å²) in [6, 6.07) is 15.2. The van der Waals surface area contributed by atoms with Gasteiger partial charge in [0.15, 0.2) is 0 Å². The Morgan fingerprint density at radius 3 is 1.10 bits per heavy atom. The van der Waals surface area contributed by atoms with E-state index in [0.717, 1.165) is 36.4 Å². The maximum Gasteiger partial charge on any atom is 3.00 e. The topological polar surface area (TPSA) is 342 Å². The minimum absolute atomic E-state index is 0. The van der Waals surface area contributed by atoms with Crippen LogP contribution in [-0.4, -0.2) is 35.8 Å². The summed E-state index contributed by atoms with van der Waals surface area (Å²) in [4.78, 5) is 18.8. The average molecular weight is 962 g/mol. The molecule has 6 aromatic carbocycles. The maximum absolute atomic E-state index is 12.5. The second-order valence-electron chi connectivity index (χ2n) is 10.9. The molecule has 291 valence electrons. The first-order valence-corrected chi connectivity index (χ1v) is 18.3. The van der Waals surface area contributed by atoms with Gasteiger partial charge in [-0.25, -0.2) is 16.8 Å². The summed E-state index contributed by atoms with van der Waals surface area (Å²) in [6.45, 7) is 0. The Labute approximate surface area is 424 Å². The minimum Gasteiger partial charge on any atom is -0.871 e. The van der Waals surface area contributed by atoms with Crippen LogP contribution in [0.4, 0.5) is 34.1 Å². The largest absolute Gasteiger partial charge is 3.00 e. The number of nitro benzene ring substituents is 2. The molecular weight excluding hydrogens is 948 g/mol. The fraction of sp³-hybridized carbons (Fsp3) is 0. The van der Waals surface area contributed by atoms with Gasteiger partial charge in [-0.15, -0.1) is 0 Å². The molecule has 0 aliphatic rings. The van der Waals surface area contributed by atoms with Crippen molar-refractivity contribution < 1.29 is 162 Å². The molecule has 0 heterocycles. The zero-order chi connectivity index (χ0) is 41.3. The fourth-order valence-electron chi connectivity index (χ4n) is 4.89. The molecule has 0 bridgehead atoms. The Balaban J connectivity index is 0.000000562. The molecule has 0 aromatic heterocycles. The molecule has 0 spiro atoms. The van der Waals surface area contributed by atoms with Crippen molar-refractivity contribution in [2.75, 3.05) is 0 Å². The third-order valence-electron chi connectivity index (χ3n) is 7.42. The van der Waals surface area contributed by atoms with Gasteiger partial charge < -0.3 is 29.5 Å². The average Bonchev–Trinajstić information content (AvgIpc) is 3.12. The number of benzene rings is 6. The zero-order valence-corrected chi connectivity index (χ0v) is 40.9. The Hall–Kier alpha value is -3.03. The fourth-order valence-corrected chi connectivity index (χ4v) is 6.73. The Kier molecular flexibility index (Phi) is 20.5. The van der Waals surface area contributed by atoms with E-state index in [1.807, 2.05) is 0 Å². The molecule has 0 aliphatic carbocycles. The van der Waals surface area contributed by atoms with Gasteiger partial charge in [0.1, 0.15) is 30.3 Å². The van der Waals surface area contributed by atoms with Gasteiger partial charge in [-0.3, -0.25) is 20.2 Å². The van der Waals surface area contributed by atoms with Gasteiger partial charge in [0.25, 0.3) is 11.4 Å². The van der Waals surface area contributed by atoms with Crippen LogP contribution in [0.15, 0.2) is 115 Å². The van der Waals surface area contributed by atoms with E-state index in [9.17, 15) is 66.6 Å². The van der Waals surface area contributed by atoms with Crippen LogP contribution in [-0.2, 0) is 37.6 Å². The van der Waals surface area contributed by atoms with Crippen molar-refractivity contribution >= 4 is 99.1 Å². The predicted octanol–water partition coefficient (Wildman–Crippen LogP) is -3.25. The van der Waals surface area contributed by atoms with Crippen molar-refractivity contribution in [3.63, 3.8) is 0 Å². The van der Waals surface area contributed by atoms with E-state index in [-0.39, 0.29) is 160 Å². The van der Waals surface area contributed by atoms with Crippen molar-refractivity contribution in [2.24, 2.45) is 20.5 Å². The quantitative estimate of drug-likeness (QED) is 0.0476.